The molecule has 0 aliphatic carbocycles. The largest absolute Gasteiger partial charge is 0.507 e. The molecule has 1 unspecified atom stereocenters. The zero-order chi connectivity index (χ0) is 23.5. The molecule has 1 atom stereocenters. The Labute approximate surface area is 190 Å². The summed E-state index contributed by atoms with van der Waals surface area (Å²) in [6, 6.07) is 14.4. The molecular weight excluding hydrogens is 426 g/mol. The normalized spacial score (nSPS) is 17.3. The van der Waals surface area contributed by atoms with E-state index in [0.717, 1.165) is 5.56 Å². The van der Waals surface area contributed by atoms with Crippen LogP contribution in [0.1, 0.15) is 22.9 Å². The minimum absolute atomic E-state index is 0.0648. The van der Waals surface area contributed by atoms with Gasteiger partial charge in [0, 0.05) is 12.1 Å². The fourth-order valence-corrected chi connectivity index (χ4v) is 3.89. The van der Waals surface area contributed by atoms with E-state index in [2.05, 4.69) is 0 Å². The number of benzene rings is 2. The Balaban J connectivity index is 1.82. The van der Waals surface area contributed by atoms with E-state index < -0.39 is 17.7 Å². The number of nitrogens with zero attached hydrogens (tertiary/aromatic N) is 1. The maximum Gasteiger partial charge on any atom is 0.296 e. The van der Waals surface area contributed by atoms with Gasteiger partial charge in [-0.3, -0.25) is 9.59 Å². The average molecular weight is 449 g/mol. The van der Waals surface area contributed by atoms with Gasteiger partial charge in [-0.25, -0.2) is 0 Å². The minimum Gasteiger partial charge on any atom is -0.507 e. The molecule has 33 heavy (non-hydrogen) atoms. The molecule has 0 spiro atoms. The number of carbonyl (C=O) groups excluding carboxylic acids is 2. The van der Waals surface area contributed by atoms with Gasteiger partial charge in [0.15, 0.2) is 11.5 Å². The number of aliphatic hydroxyl groups excluding tert-OH is 1. The Morgan fingerprint density at radius 1 is 0.970 bits per heavy atom. The first-order chi connectivity index (χ1) is 16.0. The van der Waals surface area contributed by atoms with Crippen LogP contribution in [0.3, 0.4) is 0 Å². The molecule has 1 amide bonds. The monoisotopic (exact) mass is 449 g/mol. The molecule has 1 saturated heterocycles. The van der Waals surface area contributed by atoms with Gasteiger partial charge in [0.05, 0.1) is 33.2 Å². The third-order valence-corrected chi connectivity index (χ3v) is 5.50. The fourth-order valence-electron chi connectivity index (χ4n) is 3.89. The molecule has 0 bridgehead atoms. The predicted octanol–water partition coefficient (Wildman–Crippen LogP) is 3.93. The maximum absolute atomic E-state index is 13.1. The second-order valence-corrected chi connectivity index (χ2v) is 7.36. The number of carbonyl (C=O) groups is 2. The lowest BCUT2D eigenvalue weighted by Crippen LogP contribution is -2.29. The number of aliphatic hydroxyl groups is 1. The lowest BCUT2D eigenvalue weighted by molar-refractivity contribution is -0.140. The highest BCUT2D eigenvalue weighted by atomic mass is 16.5. The van der Waals surface area contributed by atoms with Crippen LogP contribution in [0.15, 0.2) is 70.9 Å². The van der Waals surface area contributed by atoms with E-state index >= 15 is 0 Å². The summed E-state index contributed by atoms with van der Waals surface area (Å²) in [5.74, 6) is -0.0309. The van der Waals surface area contributed by atoms with Crippen molar-refractivity contribution in [1.82, 2.24) is 4.90 Å². The van der Waals surface area contributed by atoms with E-state index in [9.17, 15) is 14.7 Å². The average Bonchev–Trinajstić information content (AvgIpc) is 3.46. The lowest BCUT2D eigenvalue weighted by atomic mass is 9.99. The molecule has 170 valence electrons. The van der Waals surface area contributed by atoms with Crippen molar-refractivity contribution >= 4 is 17.4 Å². The van der Waals surface area contributed by atoms with Gasteiger partial charge in [-0.05, 0) is 48.0 Å². The van der Waals surface area contributed by atoms with E-state index in [4.69, 9.17) is 18.6 Å². The molecule has 1 aliphatic rings. The molecule has 2 aromatic carbocycles. The van der Waals surface area contributed by atoms with Crippen LogP contribution in [0.25, 0.3) is 5.76 Å². The van der Waals surface area contributed by atoms with Gasteiger partial charge in [0.25, 0.3) is 11.7 Å². The summed E-state index contributed by atoms with van der Waals surface area (Å²) in [5.41, 5.74) is 1.01. The van der Waals surface area contributed by atoms with E-state index in [0.29, 0.717) is 28.6 Å². The zero-order valence-corrected chi connectivity index (χ0v) is 18.4. The van der Waals surface area contributed by atoms with Crippen molar-refractivity contribution in [2.45, 2.75) is 12.6 Å². The molecule has 2 heterocycles. The Kier molecular flexibility index (Phi) is 6.08. The van der Waals surface area contributed by atoms with Crippen molar-refractivity contribution in [3.8, 4) is 17.2 Å². The first-order valence-corrected chi connectivity index (χ1v) is 10.2. The summed E-state index contributed by atoms with van der Waals surface area (Å²) in [4.78, 5) is 27.5. The van der Waals surface area contributed by atoms with Crippen LogP contribution in [-0.2, 0) is 16.1 Å². The number of ketones is 1. The van der Waals surface area contributed by atoms with Crippen molar-refractivity contribution < 1.29 is 33.3 Å². The van der Waals surface area contributed by atoms with Crippen LogP contribution in [0.2, 0.25) is 0 Å². The number of rotatable bonds is 7. The van der Waals surface area contributed by atoms with Gasteiger partial charge in [-0.15, -0.1) is 0 Å². The fraction of sp³-hybridized carbons (Fsp3) is 0.200. The smallest absolute Gasteiger partial charge is 0.296 e. The molecule has 4 rings (SSSR count). The van der Waals surface area contributed by atoms with Gasteiger partial charge in [-0.1, -0.05) is 12.1 Å². The molecule has 1 fully saturated rings. The van der Waals surface area contributed by atoms with Crippen molar-refractivity contribution in [3.05, 3.63) is 83.3 Å². The Morgan fingerprint density at radius 2 is 1.76 bits per heavy atom. The van der Waals surface area contributed by atoms with Crippen molar-refractivity contribution in [1.29, 1.82) is 0 Å². The van der Waals surface area contributed by atoms with Crippen LogP contribution < -0.4 is 14.2 Å². The third-order valence-electron chi connectivity index (χ3n) is 5.50. The molecule has 3 aromatic rings. The van der Waals surface area contributed by atoms with Gasteiger partial charge in [0.2, 0.25) is 0 Å². The quantitative estimate of drug-likeness (QED) is 0.332. The van der Waals surface area contributed by atoms with Crippen LogP contribution in [0.5, 0.6) is 17.2 Å². The first kappa shape index (κ1) is 22.0. The van der Waals surface area contributed by atoms with Gasteiger partial charge >= 0.3 is 0 Å². The number of ether oxygens (including phenoxy) is 3. The summed E-state index contributed by atoms with van der Waals surface area (Å²) in [7, 11) is 4.52. The molecule has 8 nitrogen and oxygen atoms in total. The summed E-state index contributed by atoms with van der Waals surface area (Å²) in [6.45, 7) is 0.121. The summed E-state index contributed by atoms with van der Waals surface area (Å²) in [6.07, 6.45) is 1.46. The number of furan rings is 1. The van der Waals surface area contributed by atoms with E-state index in [1.54, 1.807) is 55.6 Å². The molecule has 1 aromatic heterocycles. The van der Waals surface area contributed by atoms with Crippen molar-refractivity contribution in [3.63, 3.8) is 0 Å². The molecule has 0 radical (unpaired) electrons. The first-order valence-electron chi connectivity index (χ1n) is 10.2. The number of methoxy groups -OCH3 is 3. The summed E-state index contributed by atoms with van der Waals surface area (Å²) >= 11 is 0. The maximum atomic E-state index is 13.1. The Hall–Kier alpha value is -4.20. The van der Waals surface area contributed by atoms with Gasteiger partial charge < -0.3 is 28.6 Å². The highest BCUT2D eigenvalue weighted by Gasteiger charge is 2.47. The number of Topliss-reactive ketones (excluding diaryl/α,β-unsaturated/α-hetero) is 1. The molecule has 1 aliphatic heterocycles. The highest BCUT2D eigenvalue weighted by Crippen LogP contribution is 2.41. The van der Waals surface area contributed by atoms with E-state index in [1.807, 2.05) is 6.07 Å². The standard InChI is InChI=1S/C25H23NO7/c1-30-17-7-4-6-15(12-17)14-26-22(19-8-5-11-33-19)21(24(28)25(26)29)23(27)16-9-10-18(31-2)20(13-16)32-3/h4-13,22,27H,14H2,1-3H3/b23-21-. The van der Waals surface area contributed by atoms with Crippen LogP contribution >= 0.6 is 0 Å². The van der Waals surface area contributed by atoms with Crippen LogP contribution in [-0.4, -0.2) is 43.0 Å². The van der Waals surface area contributed by atoms with E-state index in [1.165, 1.54) is 25.4 Å². The van der Waals surface area contributed by atoms with Crippen molar-refractivity contribution in [2.24, 2.45) is 0 Å². The Morgan fingerprint density at radius 3 is 2.42 bits per heavy atom. The number of likely N-dealkylation sites (tertiary alicyclic amines) is 1. The second-order valence-electron chi connectivity index (χ2n) is 7.36. The number of hydrogen-bond donors (Lipinski definition) is 1. The summed E-state index contributed by atoms with van der Waals surface area (Å²) < 4.78 is 21.4. The van der Waals surface area contributed by atoms with Crippen LogP contribution in [0, 0.1) is 0 Å². The minimum atomic E-state index is -0.903. The summed E-state index contributed by atoms with van der Waals surface area (Å²) in [5, 5.41) is 11.1. The Bertz CT molecular complexity index is 1210. The third kappa shape index (κ3) is 4.03. The number of hydrogen-bond acceptors (Lipinski definition) is 7. The predicted molar refractivity (Wildman–Crippen MR) is 119 cm³/mol. The van der Waals surface area contributed by atoms with Gasteiger partial charge in [-0.2, -0.15) is 0 Å². The molecular formula is C25H23NO7. The zero-order valence-electron chi connectivity index (χ0n) is 18.4. The molecule has 1 N–H and O–H groups in total. The van der Waals surface area contributed by atoms with Crippen LogP contribution in [0.4, 0.5) is 0 Å². The number of amides is 1. The van der Waals surface area contributed by atoms with Crippen molar-refractivity contribution in [2.75, 3.05) is 21.3 Å². The van der Waals surface area contributed by atoms with Gasteiger partial charge in [0.1, 0.15) is 23.3 Å². The topological polar surface area (TPSA) is 98.4 Å². The molecule has 8 heteroatoms. The van der Waals surface area contributed by atoms with E-state index in [-0.39, 0.29) is 17.9 Å². The second kappa shape index (κ2) is 9.12. The molecule has 0 saturated carbocycles. The lowest BCUT2D eigenvalue weighted by Gasteiger charge is -2.23. The SMILES string of the molecule is COc1cccc(CN2C(=O)C(=O)/C(=C(\O)c3ccc(OC)c(OC)c3)C2c2ccco2)c1. The highest BCUT2D eigenvalue weighted by molar-refractivity contribution is 6.46.